The van der Waals surface area contributed by atoms with Gasteiger partial charge in [0, 0.05) is 19.6 Å². The second kappa shape index (κ2) is 6.61. The van der Waals surface area contributed by atoms with Gasteiger partial charge < -0.3 is 5.32 Å². The van der Waals surface area contributed by atoms with Crippen LogP contribution in [-0.2, 0) is 11.3 Å². The maximum Gasteiger partial charge on any atom is 0.242 e. The molecule has 5 nitrogen and oxygen atoms in total. The molecule has 0 spiro atoms. The van der Waals surface area contributed by atoms with Gasteiger partial charge >= 0.3 is 0 Å². The van der Waals surface area contributed by atoms with Crippen LogP contribution in [0.15, 0.2) is 54.6 Å². The topological polar surface area (TPSA) is 58.1 Å². The van der Waals surface area contributed by atoms with Gasteiger partial charge in [-0.2, -0.15) is 0 Å². The molecule has 126 valence electrons. The number of nitrogens with one attached hydrogen (secondary N) is 1. The van der Waals surface area contributed by atoms with Gasteiger partial charge in [-0.15, -0.1) is 0 Å². The van der Waals surface area contributed by atoms with Crippen molar-refractivity contribution < 1.29 is 4.79 Å². The minimum absolute atomic E-state index is 0.0452. The summed E-state index contributed by atoms with van der Waals surface area (Å²) in [6.07, 6.45) is 0. The molecule has 1 fully saturated rings. The number of aryl methyl sites for hydroxylation is 1. The highest BCUT2D eigenvalue weighted by molar-refractivity contribution is 5.84. The van der Waals surface area contributed by atoms with Crippen LogP contribution in [0.1, 0.15) is 23.0 Å². The van der Waals surface area contributed by atoms with Crippen LogP contribution in [0.5, 0.6) is 0 Å². The highest BCUT2D eigenvalue weighted by Gasteiger charge is 2.31. The SMILES string of the molecule is Cc1nc2ccccc2nc1CN1CCNC(=O)[C@@H]1c1ccccc1. The average Bonchev–Trinajstić information content (AvgIpc) is 2.63. The van der Waals surface area contributed by atoms with Crippen LogP contribution >= 0.6 is 0 Å². The first kappa shape index (κ1) is 15.7. The standard InChI is InChI=1S/C20H20N4O/c1-14-18(23-17-10-6-5-9-16(17)22-14)13-24-12-11-21-20(25)19(24)15-7-3-2-4-8-15/h2-10,19H,11-13H2,1H3,(H,21,25)/t19-/m0/s1. The van der Waals surface area contributed by atoms with Gasteiger partial charge in [0.05, 0.1) is 22.4 Å². The van der Waals surface area contributed by atoms with E-state index >= 15 is 0 Å². The zero-order chi connectivity index (χ0) is 17.2. The summed E-state index contributed by atoms with van der Waals surface area (Å²) in [5, 5.41) is 2.97. The second-order valence-electron chi connectivity index (χ2n) is 6.32. The zero-order valence-electron chi connectivity index (χ0n) is 14.1. The fourth-order valence-corrected chi connectivity index (χ4v) is 3.35. The third-order valence-electron chi connectivity index (χ3n) is 4.62. The van der Waals surface area contributed by atoms with Crippen molar-refractivity contribution in [1.29, 1.82) is 0 Å². The summed E-state index contributed by atoms with van der Waals surface area (Å²) < 4.78 is 0. The van der Waals surface area contributed by atoms with Crippen molar-refractivity contribution in [1.82, 2.24) is 20.2 Å². The van der Waals surface area contributed by atoms with Gasteiger partial charge in [-0.3, -0.25) is 9.69 Å². The Morgan fingerprint density at radius 3 is 2.48 bits per heavy atom. The number of fused-ring (bicyclic) bond motifs is 1. The largest absolute Gasteiger partial charge is 0.353 e. The molecule has 0 radical (unpaired) electrons. The molecular formula is C20H20N4O. The summed E-state index contributed by atoms with van der Waals surface area (Å²) in [4.78, 5) is 24.1. The molecule has 4 rings (SSSR count). The Morgan fingerprint density at radius 2 is 1.72 bits per heavy atom. The Balaban J connectivity index is 1.68. The fraction of sp³-hybridized carbons (Fsp3) is 0.250. The van der Waals surface area contributed by atoms with Crippen molar-refractivity contribution in [3.8, 4) is 0 Å². The third-order valence-corrected chi connectivity index (χ3v) is 4.62. The van der Waals surface area contributed by atoms with Gasteiger partial charge in [0.15, 0.2) is 0 Å². The van der Waals surface area contributed by atoms with Crippen molar-refractivity contribution in [3.63, 3.8) is 0 Å². The van der Waals surface area contributed by atoms with Crippen LogP contribution in [0.3, 0.4) is 0 Å². The van der Waals surface area contributed by atoms with Crippen LogP contribution in [0.4, 0.5) is 0 Å². The number of carbonyl (C=O) groups excluding carboxylic acids is 1. The summed E-state index contributed by atoms with van der Waals surface area (Å²) in [5.74, 6) is 0.0452. The van der Waals surface area contributed by atoms with E-state index in [0.29, 0.717) is 13.1 Å². The Kier molecular flexibility index (Phi) is 4.15. The first-order chi connectivity index (χ1) is 12.2. The monoisotopic (exact) mass is 332 g/mol. The van der Waals surface area contributed by atoms with E-state index in [4.69, 9.17) is 4.98 Å². The predicted molar refractivity (Wildman–Crippen MR) is 96.9 cm³/mol. The molecule has 1 amide bonds. The molecular weight excluding hydrogens is 312 g/mol. The molecule has 1 aliphatic heterocycles. The smallest absolute Gasteiger partial charge is 0.242 e. The average molecular weight is 332 g/mol. The van der Waals surface area contributed by atoms with E-state index in [9.17, 15) is 4.79 Å². The predicted octanol–water partition coefficient (Wildman–Crippen LogP) is 2.61. The van der Waals surface area contributed by atoms with E-state index in [1.54, 1.807) is 0 Å². The zero-order valence-corrected chi connectivity index (χ0v) is 14.1. The van der Waals surface area contributed by atoms with Gasteiger partial charge in [-0.25, -0.2) is 9.97 Å². The van der Waals surface area contributed by atoms with E-state index in [-0.39, 0.29) is 11.9 Å². The van der Waals surface area contributed by atoms with Crippen molar-refractivity contribution in [3.05, 3.63) is 71.5 Å². The molecule has 0 saturated carbocycles. The number of hydrogen-bond acceptors (Lipinski definition) is 4. The molecule has 3 aromatic rings. The lowest BCUT2D eigenvalue weighted by molar-refractivity contribution is -0.129. The molecule has 1 aromatic heterocycles. The molecule has 2 heterocycles. The van der Waals surface area contributed by atoms with Gasteiger partial charge in [-0.1, -0.05) is 42.5 Å². The number of amides is 1. The fourth-order valence-electron chi connectivity index (χ4n) is 3.35. The van der Waals surface area contributed by atoms with Gasteiger partial charge in [0.1, 0.15) is 6.04 Å². The van der Waals surface area contributed by atoms with E-state index in [1.165, 1.54) is 0 Å². The lowest BCUT2D eigenvalue weighted by Gasteiger charge is -2.35. The first-order valence-corrected chi connectivity index (χ1v) is 8.51. The van der Waals surface area contributed by atoms with Gasteiger partial charge in [0.2, 0.25) is 5.91 Å². The second-order valence-corrected chi connectivity index (χ2v) is 6.32. The number of piperazine rings is 1. The summed E-state index contributed by atoms with van der Waals surface area (Å²) in [6, 6.07) is 17.5. The van der Waals surface area contributed by atoms with Crippen molar-refractivity contribution in [2.45, 2.75) is 19.5 Å². The molecule has 1 aliphatic rings. The lowest BCUT2D eigenvalue weighted by atomic mass is 10.0. The lowest BCUT2D eigenvalue weighted by Crippen LogP contribution is -2.49. The van der Waals surface area contributed by atoms with Crippen LogP contribution < -0.4 is 5.32 Å². The molecule has 0 aliphatic carbocycles. The van der Waals surface area contributed by atoms with Crippen LogP contribution in [0, 0.1) is 6.92 Å². The highest BCUT2D eigenvalue weighted by Crippen LogP contribution is 2.25. The van der Waals surface area contributed by atoms with Crippen LogP contribution in [0.25, 0.3) is 11.0 Å². The summed E-state index contributed by atoms with van der Waals surface area (Å²) in [5.41, 5.74) is 4.64. The Hall–Kier alpha value is -2.79. The minimum Gasteiger partial charge on any atom is -0.353 e. The number of para-hydroxylation sites is 2. The van der Waals surface area contributed by atoms with Crippen LogP contribution in [0.2, 0.25) is 0 Å². The number of hydrogen-bond donors (Lipinski definition) is 1. The maximum atomic E-state index is 12.5. The van der Waals surface area contributed by atoms with E-state index in [0.717, 1.165) is 34.5 Å². The molecule has 1 saturated heterocycles. The first-order valence-electron chi connectivity index (χ1n) is 8.51. The highest BCUT2D eigenvalue weighted by atomic mass is 16.2. The minimum atomic E-state index is -0.289. The summed E-state index contributed by atoms with van der Waals surface area (Å²) >= 11 is 0. The number of rotatable bonds is 3. The normalized spacial score (nSPS) is 18.3. The molecule has 25 heavy (non-hydrogen) atoms. The number of nitrogens with zero attached hydrogens (tertiary/aromatic N) is 3. The summed E-state index contributed by atoms with van der Waals surface area (Å²) in [6.45, 7) is 4.04. The molecule has 5 heteroatoms. The maximum absolute atomic E-state index is 12.5. The molecule has 0 bridgehead atoms. The third kappa shape index (κ3) is 3.10. The Labute approximate surface area is 146 Å². The van der Waals surface area contributed by atoms with Gasteiger partial charge in [0.25, 0.3) is 0 Å². The van der Waals surface area contributed by atoms with E-state index in [2.05, 4.69) is 15.2 Å². The number of benzene rings is 2. The quantitative estimate of drug-likeness (QED) is 0.801. The Bertz CT molecular complexity index is 910. The van der Waals surface area contributed by atoms with Crippen molar-refractivity contribution in [2.24, 2.45) is 0 Å². The number of carbonyl (C=O) groups is 1. The molecule has 1 atom stereocenters. The Morgan fingerprint density at radius 1 is 1.04 bits per heavy atom. The van der Waals surface area contributed by atoms with Gasteiger partial charge in [-0.05, 0) is 24.6 Å². The molecule has 0 unspecified atom stereocenters. The molecule has 1 N–H and O–H groups in total. The van der Waals surface area contributed by atoms with Crippen molar-refractivity contribution in [2.75, 3.05) is 13.1 Å². The van der Waals surface area contributed by atoms with Crippen molar-refractivity contribution >= 4 is 16.9 Å². The summed E-state index contributed by atoms with van der Waals surface area (Å²) in [7, 11) is 0. The van der Waals surface area contributed by atoms with Crippen LogP contribution in [-0.4, -0.2) is 33.9 Å². The van der Waals surface area contributed by atoms with E-state index < -0.39 is 0 Å². The number of aromatic nitrogens is 2. The van der Waals surface area contributed by atoms with E-state index in [1.807, 2.05) is 61.5 Å². The molecule has 2 aromatic carbocycles.